The molecule has 1 aromatic heterocycles. The zero-order valence-corrected chi connectivity index (χ0v) is 13.5. The molecule has 0 aliphatic carbocycles. The molecule has 2 aromatic rings. The maximum atomic E-state index is 12.0. The van der Waals surface area contributed by atoms with E-state index < -0.39 is 0 Å². The Hall–Kier alpha value is -1.37. The number of nitrogen functional groups attached to an aromatic ring is 1. The van der Waals surface area contributed by atoms with Crippen molar-refractivity contribution in [1.82, 2.24) is 4.90 Å². The Kier molecular flexibility index (Phi) is 5.17. The number of nitrogens with two attached hydrogens (primary N) is 1. The molecule has 0 fully saturated rings. The molecule has 3 N–H and O–H groups in total. The zero-order valence-electron chi connectivity index (χ0n) is 11.1. The minimum atomic E-state index is -0.0480. The van der Waals surface area contributed by atoms with Crippen LogP contribution in [0.15, 0.2) is 39.5 Å². The quantitative estimate of drug-likeness (QED) is 0.811. The van der Waals surface area contributed by atoms with Gasteiger partial charge in [0.25, 0.3) is 0 Å². The standard InChI is InChI=1S/C14H16BrN3OS/c1-18(7-10-4-5-20-9-10)8-14(19)17-13-3-2-11(16)6-12(13)15/h2-6,9H,7-8,16H2,1H3,(H,17,19). The molecule has 20 heavy (non-hydrogen) atoms. The van der Waals surface area contributed by atoms with E-state index in [-0.39, 0.29) is 5.91 Å². The molecular formula is C14H16BrN3OS. The van der Waals surface area contributed by atoms with Crippen LogP contribution in [-0.2, 0) is 11.3 Å². The number of amides is 1. The first-order valence-corrected chi connectivity index (χ1v) is 7.82. The van der Waals surface area contributed by atoms with Gasteiger partial charge in [0.2, 0.25) is 5.91 Å². The van der Waals surface area contributed by atoms with Gasteiger partial charge in [0.15, 0.2) is 0 Å². The maximum Gasteiger partial charge on any atom is 0.238 e. The first kappa shape index (κ1) is 15.0. The minimum absolute atomic E-state index is 0.0480. The van der Waals surface area contributed by atoms with Crippen molar-refractivity contribution in [2.75, 3.05) is 24.6 Å². The van der Waals surface area contributed by atoms with E-state index in [0.29, 0.717) is 12.2 Å². The smallest absolute Gasteiger partial charge is 0.238 e. The van der Waals surface area contributed by atoms with Gasteiger partial charge in [0.1, 0.15) is 0 Å². The Balaban J connectivity index is 1.88. The number of nitrogens with zero attached hydrogens (tertiary/aromatic N) is 1. The van der Waals surface area contributed by atoms with E-state index in [0.717, 1.165) is 16.7 Å². The lowest BCUT2D eigenvalue weighted by Gasteiger charge is -2.16. The van der Waals surface area contributed by atoms with Crippen LogP contribution < -0.4 is 11.1 Å². The Bertz CT molecular complexity index is 586. The lowest BCUT2D eigenvalue weighted by molar-refractivity contribution is -0.117. The average molecular weight is 354 g/mol. The summed E-state index contributed by atoms with van der Waals surface area (Å²) in [6, 6.07) is 7.38. The van der Waals surface area contributed by atoms with Gasteiger partial charge in [0, 0.05) is 16.7 Å². The van der Waals surface area contributed by atoms with Crippen molar-refractivity contribution >= 4 is 44.5 Å². The number of carbonyl (C=O) groups is 1. The van der Waals surface area contributed by atoms with E-state index >= 15 is 0 Å². The summed E-state index contributed by atoms with van der Waals surface area (Å²) < 4.78 is 0.784. The van der Waals surface area contributed by atoms with Crippen molar-refractivity contribution in [2.24, 2.45) is 0 Å². The van der Waals surface area contributed by atoms with Gasteiger partial charge in [0.05, 0.1) is 12.2 Å². The third-order valence-electron chi connectivity index (χ3n) is 2.71. The van der Waals surface area contributed by atoms with Gasteiger partial charge in [-0.2, -0.15) is 11.3 Å². The number of hydrogen-bond donors (Lipinski definition) is 2. The van der Waals surface area contributed by atoms with E-state index in [2.05, 4.69) is 32.7 Å². The summed E-state index contributed by atoms with van der Waals surface area (Å²) in [5, 5.41) is 6.99. The number of anilines is 2. The number of hydrogen-bond acceptors (Lipinski definition) is 4. The summed E-state index contributed by atoms with van der Waals surface area (Å²) in [7, 11) is 1.93. The average Bonchev–Trinajstić information content (AvgIpc) is 2.85. The van der Waals surface area contributed by atoms with Gasteiger partial charge in [-0.25, -0.2) is 0 Å². The van der Waals surface area contributed by atoms with Gasteiger partial charge in [-0.3, -0.25) is 9.69 Å². The van der Waals surface area contributed by atoms with Crippen molar-refractivity contribution in [1.29, 1.82) is 0 Å². The molecule has 1 heterocycles. The van der Waals surface area contributed by atoms with Gasteiger partial charge in [-0.05, 0) is 63.6 Å². The van der Waals surface area contributed by atoms with Crippen LogP contribution in [0.2, 0.25) is 0 Å². The summed E-state index contributed by atoms with van der Waals surface area (Å²) in [5.41, 5.74) is 8.27. The number of rotatable bonds is 5. The highest BCUT2D eigenvalue weighted by Gasteiger charge is 2.09. The molecule has 6 heteroatoms. The second-order valence-corrected chi connectivity index (χ2v) is 6.23. The van der Waals surface area contributed by atoms with Crippen LogP contribution in [0.1, 0.15) is 5.56 Å². The molecule has 2 rings (SSSR count). The Morgan fingerprint density at radius 2 is 2.25 bits per heavy atom. The SMILES string of the molecule is CN(CC(=O)Nc1ccc(N)cc1Br)Cc1ccsc1. The fraction of sp³-hybridized carbons (Fsp3) is 0.214. The van der Waals surface area contributed by atoms with Gasteiger partial charge in [-0.1, -0.05) is 0 Å². The molecule has 0 aliphatic rings. The number of nitrogens with one attached hydrogen (secondary N) is 1. The van der Waals surface area contributed by atoms with Gasteiger partial charge < -0.3 is 11.1 Å². The molecule has 0 saturated carbocycles. The van der Waals surface area contributed by atoms with Crippen LogP contribution in [0.25, 0.3) is 0 Å². The van der Waals surface area contributed by atoms with Gasteiger partial charge in [-0.15, -0.1) is 0 Å². The van der Waals surface area contributed by atoms with Crippen LogP contribution in [0.4, 0.5) is 11.4 Å². The Morgan fingerprint density at radius 3 is 2.90 bits per heavy atom. The van der Waals surface area contributed by atoms with E-state index in [9.17, 15) is 4.79 Å². The molecule has 0 radical (unpaired) electrons. The summed E-state index contributed by atoms with van der Waals surface area (Å²) in [6.45, 7) is 1.10. The Morgan fingerprint density at radius 1 is 1.45 bits per heavy atom. The largest absolute Gasteiger partial charge is 0.399 e. The summed E-state index contributed by atoms with van der Waals surface area (Å²) in [4.78, 5) is 14.0. The molecule has 0 spiro atoms. The molecule has 106 valence electrons. The van der Waals surface area contributed by atoms with Crippen LogP contribution >= 0.6 is 27.3 Å². The first-order valence-electron chi connectivity index (χ1n) is 6.09. The summed E-state index contributed by atoms with van der Waals surface area (Å²) in [6.07, 6.45) is 0. The van der Waals surface area contributed by atoms with Crippen LogP contribution in [-0.4, -0.2) is 24.4 Å². The molecule has 1 amide bonds. The molecule has 1 aromatic carbocycles. The zero-order chi connectivity index (χ0) is 14.5. The van der Waals surface area contributed by atoms with Crippen LogP contribution in [0, 0.1) is 0 Å². The molecule has 0 atom stereocenters. The molecular weight excluding hydrogens is 338 g/mol. The molecule has 0 unspecified atom stereocenters. The Labute approximate surface area is 130 Å². The molecule has 0 bridgehead atoms. The summed E-state index contributed by atoms with van der Waals surface area (Å²) in [5.74, 6) is -0.0480. The maximum absolute atomic E-state index is 12.0. The van der Waals surface area contributed by atoms with Crippen LogP contribution in [0.3, 0.4) is 0 Å². The van der Waals surface area contributed by atoms with Crippen molar-refractivity contribution in [3.63, 3.8) is 0 Å². The van der Waals surface area contributed by atoms with E-state index in [4.69, 9.17) is 5.73 Å². The van der Waals surface area contributed by atoms with Crippen molar-refractivity contribution in [3.8, 4) is 0 Å². The molecule has 0 saturated heterocycles. The fourth-order valence-corrected chi connectivity index (χ4v) is 2.97. The van der Waals surface area contributed by atoms with Crippen molar-refractivity contribution in [3.05, 3.63) is 45.1 Å². The summed E-state index contributed by atoms with van der Waals surface area (Å²) >= 11 is 5.04. The van der Waals surface area contributed by atoms with Crippen molar-refractivity contribution in [2.45, 2.75) is 6.54 Å². The van der Waals surface area contributed by atoms with E-state index in [1.54, 1.807) is 29.5 Å². The molecule has 4 nitrogen and oxygen atoms in total. The monoisotopic (exact) mass is 353 g/mol. The predicted molar refractivity (Wildman–Crippen MR) is 87.8 cm³/mol. The van der Waals surface area contributed by atoms with E-state index in [1.807, 2.05) is 17.3 Å². The third kappa shape index (κ3) is 4.33. The lowest BCUT2D eigenvalue weighted by atomic mass is 10.3. The fourth-order valence-electron chi connectivity index (χ4n) is 1.82. The highest BCUT2D eigenvalue weighted by molar-refractivity contribution is 9.10. The normalized spacial score (nSPS) is 10.8. The number of thiophene rings is 1. The third-order valence-corrected chi connectivity index (χ3v) is 4.10. The number of carbonyl (C=O) groups excluding carboxylic acids is 1. The second-order valence-electron chi connectivity index (χ2n) is 4.59. The first-order chi connectivity index (χ1) is 9.54. The predicted octanol–water partition coefficient (Wildman–Crippen LogP) is 3.16. The minimum Gasteiger partial charge on any atom is -0.399 e. The van der Waals surface area contributed by atoms with Gasteiger partial charge >= 0.3 is 0 Å². The highest BCUT2D eigenvalue weighted by atomic mass is 79.9. The topological polar surface area (TPSA) is 58.4 Å². The number of halogens is 1. The number of likely N-dealkylation sites (N-methyl/N-ethyl adjacent to an activating group) is 1. The lowest BCUT2D eigenvalue weighted by Crippen LogP contribution is -2.29. The highest BCUT2D eigenvalue weighted by Crippen LogP contribution is 2.24. The molecule has 0 aliphatic heterocycles. The van der Waals surface area contributed by atoms with E-state index in [1.165, 1.54) is 5.56 Å². The van der Waals surface area contributed by atoms with Crippen LogP contribution in [0.5, 0.6) is 0 Å². The van der Waals surface area contributed by atoms with Crippen molar-refractivity contribution < 1.29 is 4.79 Å². The number of benzene rings is 1. The second kappa shape index (κ2) is 6.88.